The molecule has 2 N–H and O–H groups in total. The summed E-state index contributed by atoms with van der Waals surface area (Å²) in [5, 5.41) is 17.3. The van der Waals surface area contributed by atoms with Crippen molar-refractivity contribution >= 4 is 33.3 Å². The lowest BCUT2D eigenvalue weighted by molar-refractivity contribution is 0.0698. The largest absolute Gasteiger partial charge is 0.478 e. The molecule has 1 aromatic rings. The van der Waals surface area contributed by atoms with Gasteiger partial charge < -0.3 is 5.11 Å². The fraction of sp³-hybridized carbons (Fsp3) is 0.111. The van der Waals surface area contributed by atoms with Crippen LogP contribution in [0.2, 0.25) is 5.02 Å². The van der Waals surface area contributed by atoms with Crippen molar-refractivity contribution in [1.29, 1.82) is 5.26 Å². The Bertz CT molecular complexity index is 592. The van der Waals surface area contributed by atoms with E-state index in [2.05, 4.69) is 0 Å². The second-order valence-corrected chi connectivity index (χ2v) is 5.17. The Morgan fingerprint density at radius 3 is 2.71 bits per heavy atom. The Hall–Kier alpha value is -1.78. The number of hydrogen-bond acceptors (Lipinski definition) is 4. The first kappa shape index (κ1) is 13.3. The topological polar surface area (TPSA) is 107 Å². The zero-order valence-corrected chi connectivity index (χ0v) is 9.92. The molecule has 0 aliphatic rings. The van der Waals surface area contributed by atoms with E-state index < -0.39 is 21.7 Å². The number of carboxylic acids is 1. The minimum absolute atomic E-state index is 0.128. The van der Waals surface area contributed by atoms with Crippen molar-refractivity contribution in [1.82, 2.24) is 0 Å². The summed E-state index contributed by atoms with van der Waals surface area (Å²) in [6.07, 6.45) is 0. The van der Waals surface area contributed by atoms with Gasteiger partial charge in [0, 0.05) is 5.02 Å². The van der Waals surface area contributed by atoms with Crippen LogP contribution in [-0.2, 0) is 10.0 Å². The molecule has 0 fully saturated rings. The quantitative estimate of drug-likeness (QED) is 0.860. The van der Waals surface area contributed by atoms with Crippen LogP contribution in [0.3, 0.4) is 0 Å². The smallest absolute Gasteiger partial charge is 0.337 e. The van der Waals surface area contributed by atoms with Crippen molar-refractivity contribution in [2.24, 2.45) is 0 Å². The SMILES string of the molecule is N#CCS(=O)(=O)Nc1ccc(Cl)cc1C(=O)O. The molecule has 17 heavy (non-hydrogen) atoms. The number of anilines is 1. The van der Waals surface area contributed by atoms with Crippen LogP contribution in [0, 0.1) is 11.3 Å². The number of aromatic carboxylic acids is 1. The summed E-state index contributed by atoms with van der Waals surface area (Å²) < 4.78 is 24.6. The van der Waals surface area contributed by atoms with Gasteiger partial charge >= 0.3 is 5.97 Å². The summed E-state index contributed by atoms with van der Waals surface area (Å²) in [6, 6.07) is 5.15. The van der Waals surface area contributed by atoms with Gasteiger partial charge in [-0.15, -0.1) is 0 Å². The number of nitrogens with zero attached hydrogens (tertiary/aromatic N) is 1. The van der Waals surface area contributed by atoms with E-state index in [0.29, 0.717) is 0 Å². The molecule has 0 aliphatic heterocycles. The number of benzene rings is 1. The van der Waals surface area contributed by atoms with E-state index in [0.717, 1.165) is 6.07 Å². The number of sulfonamides is 1. The van der Waals surface area contributed by atoms with Gasteiger partial charge in [0.1, 0.15) is 0 Å². The summed E-state index contributed by atoms with van der Waals surface area (Å²) in [6.45, 7) is 0. The lowest BCUT2D eigenvalue weighted by Gasteiger charge is -2.08. The molecular weight excluding hydrogens is 268 g/mol. The average Bonchev–Trinajstić information content (AvgIpc) is 2.20. The molecule has 0 unspecified atom stereocenters. The molecule has 0 amide bonds. The highest BCUT2D eigenvalue weighted by atomic mass is 35.5. The third-order valence-corrected chi connectivity index (χ3v) is 3.01. The molecule has 90 valence electrons. The van der Waals surface area contributed by atoms with E-state index in [-0.39, 0.29) is 16.3 Å². The molecule has 0 saturated carbocycles. The molecule has 0 aliphatic carbocycles. The van der Waals surface area contributed by atoms with Gasteiger partial charge in [0.2, 0.25) is 10.0 Å². The monoisotopic (exact) mass is 274 g/mol. The number of rotatable bonds is 4. The summed E-state index contributed by atoms with van der Waals surface area (Å²) >= 11 is 5.60. The number of nitrogens with one attached hydrogen (secondary N) is 1. The van der Waals surface area contributed by atoms with Crippen molar-refractivity contribution < 1.29 is 18.3 Å². The fourth-order valence-electron chi connectivity index (χ4n) is 1.07. The maximum atomic E-state index is 11.3. The molecule has 0 aromatic heterocycles. The number of halogens is 1. The van der Waals surface area contributed by atoms with Gasteiger partial charge in [0.25, 0.3) is 0 Å². The summed E-state index contributed by atoms with van der Waals surface area (Å²) in [7, 11) is -3.87. The summed E-state index contributed by atoms with van der Waals surface area (Å²) in [4.78, 5) is 10.9. The number of carboxylic acid groups (broad SMARTS) is 1. The van der Waals surface area contributed by atoms with Crippen LogP contribution in [0.15, 0.2) is 18.2 Å². The maximum absolute atomic E-state index is 11.3. The maximum Gasteiger partial charge on any atom is 0.337 e. The number of nitriles is 1. The van der Waals surface area contributed by atoms with E-state index in [1.54, 1.807) is 0 Å². The zero-order chi connectivity index (χ0) is 13.1. The number of carbonyl (C=O) groups is 1. The van der Waals surface area contributed by atoms with Crippen LogP contribution in [0.5, 0.6) is 0 Å². The van der Waals surface area contributed by atoms with Gasteiger partial charge in [-0.2, -0.15) is 5.26 Å². The molecule has 1 aromatic carbocycles. The molecule has 0 radical (unpaired) electrons. The molecule has 0 spiro atoms. The standard InChI is InChI=1S/C9H7ClN2O4S/c10-6-1-2-8(7(5-6)9(13)14)12-17(15,16)4-3-11/h1-2,5,12H,4H2,(H,13,14). The third-order valence-electron chi connectivity index (χ3n) is 1.73. The van der Waals surface area contributed by atoms with Crippen molar-refractivity contribution in [3.8, 4) is 6.07 Å². The second kappa shape index (κ2) is 5.03. The molecule has 0 saturated heterocycles. The van der Waals surface area contributed by atoms with Crippen LogP contribution >= 0.6 is 11.6 Å². The van der Waals surface area contributed by atoms with E-state index in [1.807, 2.05) is 4.72 Å². The first-order valence-electron chi connectivity index (χ1n) is 4.26. The highest BCUT2D eigenvalue weighted by Crippen LogP contribution is 2.21. The zero-order valence-electron chi connectivity index (χ0n) is 8.34. The first-order valence-corrected chi connectivity index (χ1v) is 6.29. The van der Waals surface area contributed by atoms with Crippen molar-refractivity contribution in [3.05, 3.63) is 28.8 Å². The van der Waals surface area contributed by atoms with E-state index >= 15 is 0 Å². The minimum atomic E-state index is -3.87. The Kier molecular flexibility index (Phi) is 3.93. The van der Waals surface area contributed by atoms with Gasteiger partial charge in [-0.1, -0.05) is 11.6 Å². The van der Waals surface area contributed by atoms with Crippen molar-refractivity contribution in [3.63, 3.8) is 0 Å². The number of hydrogen-bond donors (Lipinski definition) is 2. The Labute approximate surface area is 102 Å². The van der Waals surface area contributed by atoms with Gasteiger partial charge in [0.15, 0.2) is 5.75 Å². The molecular formula is C9H7ClN2O4S. The van der Waals surface area contributed by atoms with Gasteiger partial charge in [0.05, 0.1) is 17.3 Å². The molecule has 6 nitrogen and oxygen atoms in total. The highest BCUT2D eigenvalue weighted by molar-refractivity contribution is 7.92. The van der Waals surface area contributed by atoms with Gasteiger partial charge in [-0.05, 0) is 18.2 Å². The minimum Gasteiger partial charge on any atom is -0.478 e. The predicted octanol–water partition coefficient (Wildman–Crippen LogP) is 1.30. The van der Waals surface area contributed by atoms with Crippen LogP contribution in [-0.4, -0.2) is 25.2 Å². The van der Waals surface area contributed by atoms with Crippen molar-refractivity contribution in [2.45, 2.75) is 0 Å². The normalized spacial score (nSPS) is 10.6. The van der Waals surface area contributed by atoms with Crippen LogP contribution in [0.25, 0.3) is 0 Å². The van der Waals surface area contributed by atoms with Crippen LogP contribution in [0.4, 0.5) is 5.69 Å². The van der Waals surface area contributed by atoms with Gasteiger partial charge in [-0.25, -0.2) is 13.2 Å². The Morgan fingerprint density at radius 1 is 1.53 bits per heavy atom. The molecule has 0 heterocycles. The second-order valence-electron chi connectivity index (χ2n) is 3.01. The predicted molar refractivity (Wildman–Crippen MR) is 61.4 cm³/mol. The van der Waals surface area contributed by atoms with E-state index in [1.165, 1.54) is 18.2 Å². The summed E-state index contributed by atoms with van der Waals surface area (Å²) in [5.74, 6) is -2.07. The first-order chi connectivity index (χ1) is 7.85. The van der Waals surface area contributed by atoms with Crippen molar-refractivity contribution in [2.75, 3.05) is 10.5 Å². The van der Waals surface area contributed by atoms with E-state index in [4.69, 9.17) is 22.0 Å². The molecule has 0 atom stereocenters. The van der Waals surface area contributed by atoms with E-state index in [9.17, 15) is 13.2 Å². The van der Waals surface area contributed by atoms with Crippen LogP contribution < -0.4 is 4.72 Å². The average molecular weight is 275 g/mol. The lowest BCUT2D eigenvalue weighted by Crippen LogP contribution is -2.17. The summed E-state index contributed by atoms with van der Waals surface area (Å²) in [5.41, 5.74) is -0.406. The Morgan fingerprint density at radius 2 is 2.18 bits per heavy atom. The van der Waals surface area contributed by atoms with Crippen LogP contribution in [0.1, 0.15) is 10.4 Å². The third kappa shape index (κ3) is 3.62. The molecule has 1 rings (SSSR count). The fourth-order valence-corrected chi connectivity index (χ4v) is 2.00. The highest BCUT2D eigenvalue weighted by Gasteiger charge is 2.16. The Balaban J connectivity index is 3.16. The lowest BCUT2D eigenvalue weighted by atomic mass is 10.2. The molecule has 8 heteroatoms. The van der Waals surface area contributed by atoms with Gasteiger partial charge in [-0.3, -0.25) is 4.72 Å². The molecule has 0 bridgehead atoms.